The molecule has 6 rings (SSSR count). The molecule has 0 N–H and O–H groups in total. The Balaban J connectivity index is 1.37. The van der Waals surface area contributed by atoms with Crippen LogP contribution in [0.3, 0.4) is 0 Å². The van der Waals surface area contributed by atoms with E-state index in [9.17, 15) is 0 Å². The van der Waals surface area contributed by atoms with Crippen molar-refractivity contribution in [3.05, 3.63) is 90.3 Å². The fourth-order valence-electron chi connectivity index (χ4n) is 7.34. The Morgan fingerprint density at radius 2 is 0.714 bits per heavy atom. The van der Waals surface area contributed by atoms with Gasteiger partial charge in [-0.2, -0.15) is 0 Å². The molecule has 0 aliphatic rings. The van der Waals surface area contributed by atoms with Gasteiger partial charge in [0.2, 0.25) is 0 Å². The minimum atomic E-state index is 0.737. The lowest BCUT2D eigenvalue weighted by Crippen LogP contribution is -2.28. The zero-order chi connectivity index (χ0) is 33.8. The van der Waals surface area contributed by atoms with Crippen molar-refractivity contribution in [1.82, 2.24) is 33.6 Å². The summed E-state index contributed by atoms with van der Waals surface area (Å²) in [6.07, 6.45) is 14.8. The zero-order valence-corrected chi connectivity index (χ0v) is 30.3. The first-order chi connectivity index (χ1) is 24.2. The summed E-state index contributed by atoms with van der Waals surface area (Å²) in [6.45, 7) is 12.0. The van der Waals surface area contributed by atoms with Crippen LogP contribution in [0.15, 0.2) is 72.8 Å². The number of rotatable bonds is 21. The van der Waals surface area contributed by atoms with Crippen LogP contribution in [0, 0.1) is 0 Å². The van der Waals surface area contributed by atoms with Crippen LogP contribution in [-0.2, 0) is 39.3 Å². The molecule has 3 heterocycles. The molecule has 49 heavy (non-hydrogen) atoms. The van der Waals surface area contributed by atoms with Crippen molar-refractivity contribution < 1.29 is 0 Å². The standard InChI is InChI=1S/C42H57N7/c1-4-7-10-19-28-47-37-25-16-13-22-34(37)43-40(47)31-46(32-41-44-35-23-14-17-26-38(35)48(41)29-20-11-8-5-2)33-42-45-36-24-15-18-27-39(36)49(42)30-21-12-9-6-3/h13-18,22-27H,4-12,19-21,28-33H2,1-3H3. The van der Waals surface area contributed by atoms with Crippen LogP contribution >= 0.6 is 0 Å². The molecule has 6 aromatic rings. The fraction of sp³-hybridized carbons (Fsp3) is 0.500. The van der Waals surface area contributed by atoms with Gasteiger partial charge in [0.15, 0.2) is 0 Å². The fourth-order valence-corrected chi connectivity index (χ4v) is 7.34. The molecule has 7 heteroatoms. The molecule has 0 radical (unpaired) electrons. The number of para-hydroxylation sites is 6. The number of aromatic nitrogens is 6. The lowest BCUT2D eigenvalue weighted by atomic mass is 10.2. The molecule has 0 atom stereocenters. The third-order valence-corrected chi connectivity index (χ3v) is 10.0. The summed E-state index contributed by atoms with van der Waals surface area (Å²) in [5, 5.41) is 0. The Morgan fingerprint density at radius 3 is 1.02 bits per heavy atom. The van der Waals surface area contributed by atoms with Crippen LogP contribution in [0.5, 0.6) is 0 Å². The minimum Gasteiger partial charge on any atom is -0.327 e. The van der Waals surface area contributed by atoms with E-state index < -0.39 is 0 Å². The molecular weight excluding hydrogens is 603 g/mol. The van der Waals surface area contributed by atoms with Gasteiger partial charge in [-0.05, 0) is 55.7 Å². The van der Waals surface area contributed by atoms with Crippen molar-refractivity contribution in [1.29, 1.82) is 0 Å². The summed E-state index contributed by atoms with van der Waals surface area (Å²) >= 11 is 0. The van der Waals surface area contributed by atoms with Gasteiger partial charge in [0.05, 0.1) is 52.7 Å². The summed E-state index contributed by atoms with van der Waals surface area (Å²) < 4.78 is 7.46. The van der Waals surface area contributed by atoms with Crippen LogP contribution in [-0.4, -0.2) is 33.6 Å². The van der Waals surface area contributed by atoms with Gasteiger partial charge >= 0.3 is 0 Å². The summed E-state index contributed by atoms with van der Waals surface area (Å²) in [7, 11) is 0. The lowest BCUT2D eigenvalue weighted by molar-refractivity contribution is 0.220. The van der Waals surface area contributed by atoms with Gasteiger partial charge in [-0.3, -0.25) is 4.90 Å². The van der Waals surface area contributed by atoms with Crippen LogP contribution in [0.1, 0.15) is 115 Å². The van der Waals surface area contributed by atoms with Crippen molar-refractivity contribution in [3.63, 3.8) is 0 Å². The van der Waals surface area contributed by atoms with Gasteiger partial charge < -0.3 is 13.7 Å². The summed E-state index contributed by atoms with van der Waals surface area (Å²) in [5.41, 5.74) is 6.96. The average molecular weight is 660 g/mol. The van der Waals surface area contributed by atoms with E-state index in [0.717, 1.165) is 73.3 Å². The van der Waals surface area contributed by atoms with Gasteiger partial charge in [-0.25, -0.2) is 15.0 Å². The highest BCUT2D eigenvalue weighted by molar-refractivity contribution is 5.77. The Kier molecular flexibility index (Phi) is 12.5. The smallest absolute Gasteiger partial charge is 0.124 e. The monoisotopic (exact) mass is 659 g/mol. The first-order valence-corrected chi connectivity index (χ1v) is 19.2. The van der Waals surface area contributed by atoms with Gasteiger partial charge in [0, 0.05) is 19.6 Å². The molecule has 0 saturated heterocycles. The molecule has 0 amide bonds. The second-order valence-electron chi connectivity index (χ2n) is 13.8. The lowest BCUT2D eigenvalue weighted by Gasteiger charge is -2.23. The maximum absolute atomic E-state index is 5.27. The first-order valence-electron chi connectivity index (χ1n) is 19.2. The number of imidazole rings is 3. The molecule has 7 nitrogen and oxygen atoms in total. The minimum absolute atomic E-state index is 0.737. The van der Waals surface area contributed by atoms with E-state index >= 15 is 0 Å². The highest BCUT2D eigenvalue weighted by Gasteiger charge is 2.21. The topological polar surface area (TPSA) is 56.7 Å². The van der Waals surface area contributed by atoms with E-state index in [1.165, 1.54) is 93.6 Å². The van der Waals surface area contributed by atoms with E-state index in [-0.39, 0.29) is 0 Å². The molecule has 0 aliphatic carbocycles. The molecule has 3 aromatic heterocycles. The van der Waals surface area contributed by atoms with E-state index in [1.54, 1.807) is 0 Å². The predicted molar refractivity (Wildman–Crippen MR) is 205 cm³/mol. The van der Waals surface area contributed by atoms with E-state index in [0.29, 0.717) is 0 Å². The summed E-state index contributed by atoms with van der Waals surface area (Å²) in [4.78, 5) is 18.4. The number of aryl methyl sites for hydroxylation is 3. The zero-order valence-electron chi connectivity index (χ0n) is 30.3. The Labute approximate surface area is 293 Å². The average Bonchev–Trinajstić information content (AvgIpc) is 3.77. The number of hydrogen-bond acceptors (Lipinski definition) is 4. The first kappa shape index (κ1) is 34.9. The van der Waals surface area contributed by atoms with Gasteiger partial charge in [-0.1, -0.05) is 115 Å². The molecular formula is C42H57N7. The SMILES string of the molecule is CCCCCCn1c(CN(Cc2nc3ccccc3n2CCCCCC)Cc2nc3ccccc3n2CCCCCC)nc2ccccc21. The maximum atomic E-state index is 5.27. The van der Waals surface area contributed by atoms with Crippen molar-refractivity contribution in [2.24, 2.45) is 0 Å². The van der Waals surface area contributed by atoms with E-state index in [1.807, 2.05) is 0 Å². The molecule has 0 aliphatic heterocycles. The second-order valence-corrected chi connectivity index (χ2v) is 13.8. The predicted octanol–water partition coefficient (Wildman–Crippen LogP) is 10.7. The van der Waals surface area contributed by atoms with Gasteiger partial charge in [0.25, 0.3) is 0 Å². The maximum Gasteiger partial charge on any atom is 0.124 e. The van der Waals surface area contributed by atoms with Crippen LogP contribution in [0.4, 0.5) is 0 Å². The molecule has 0 bridgehead atoms. The number of unbranched alkanes of at least 4 members (excludes halogenated alkanes) is 9. The van der Waals surface area contributed by atoms with Gasteiger partial charge in [-0.15, -0.1) is 0 Å². The molecule has 0 unspecified atom stereocenters. The summed E-state index contributed by atoms with van der Waals surface area (Å²) in [5.74, 6) is 3.40. The van der Waals surface area contributed by atoms with Crippen molar-refractivity contribution in [3.8, 4) is 0 Å². The molecule has 0 fully saturated rings. The van der Waals surface area contributed by atoms with Crippen LogP contribution < -0.4 is 0 Å². The van der Waals surface area contributed by atoms with Crippen molar-refractivity contribution in [2.45, 2.75) is 137 Å². The third kappa shape index (κ3) is 8.61. The highest BCUT2D eigenvalue weighted by Crippen LogP contribution is 2.25. The summed E-state index contributed by atoms with van der Waals surface area (Å²) in [6, 6.07) is 26.0. The molecule has 3 aromatic carbocycles. The number of benzene rings is 3. The normalized spacial score (nSPS) is 12.0. The van der Waals surface area contributed by atoms with Crippen LogP contribution in [0.25, 0.3) is 33.1 Å². The molecule has 0 saturated carbocycles. The molecule has 0 spiro atoms. The number of hydrogen-bond donors (Lipinski definition) is 0. The Morgan fingerprint density at radius 1 is 0.408 bits per heavy atom. The van der Waals surface area contributed by atoms with E-state index in [4.69, 9.17) is 15.0 Å². The largest absolute Gasteiger partial charge is 0.327 e. The quantitative estimate of drug-likeness (QED) is 0.0722. The van der Waals surface area contributed by atoms with Crippen molar-refractivity contribution in [2.75, 3.05) is 0 Å². The van der Waals surface area contributed by atoms with Crippen molar-refractivity contribution >= 4 is 33.1 Å². The van der Waals surface area contributed by atoms with E-state index in [2.05, 4.69) is 112 Å². The van der Waals surface area contributed by atoms with Crippen LogP contribution in [0.2, 0.25) is 0 Å². The molecule has 260 valence electrons. The van der Waals surface area contributed by atoms with Gasteiger partial charge in [0.1, 0.15) is 17.5 Å². The third-order valence-electron chi connectivity index (χ3n) is 10.0. The Hall–Kier alpha value is -3.97. The number of nitrogens with zero attached hydrogens (tertiary/aromatic N) is 7. The second kappa shape index (κ2) is 17.6. The Bertz CT molecular complexity index is 1670. The highest BCUT2D eigenvalue weighted by atomic mass is 15.2. The number of fused-ring (bicyclic) bond motifs is 3.